The van der Waals surface area contributed by atoms with E-state index in [1.165, 1.54) is 6.07 Å². The number of hydrogen-bond donors (Lipinski definition) is 1. The van der Waals surface area contributed by atoms with Crippen LogP contribution in [-0.2, 0) is 10.9 Å². The normalized spacial score (nSPS) is 27.4. The Kier molecular flexibility index (Phi) is 4.13. The van der Waals surface area contributed by atoms with Gasteiger partial charge in [-0.15, -0.1) is 0 Å². The molecule has 0 saturated carbocycles. The summed E-state index contributed by atoms with van der Waals surface area (Å²) in [6, 6.07) is 3.31. The summed E-state index contributed by atoms with van der Waals surface area (Å²) in [6.07, 6.45) is -3.21. The first-order valence-corrected chi connectivity index (χ1v) is 6.54. The molecule has 2 unspecified atom stereocenters. The molecule has 0 aliphatic carbocycles. The molecule has 0 aromatic heterocycles. The van der Waals surface area contributed by atoms with Gasteiger partial charge in [0, 0.05) is 24.6 Å². The van der Waals surface area contributed by atoms with Crippen LogP contribution in [0, 0.1) is 0 Å². The van der Waals surface area contributed by atoms with Crippen LogP contribution in [0.2, 0.25) is 0 Å². The molecule has 1 aliphatic rings. The van der Waals surface area contributed by atoms with Crippen molar-refractivity contribution in [2.75, 3.05) is 5.73 Å². The molecule has 1 aliphatic heterocycles. The molecule has 20 heavy (non-hydrogen) atoms. The van der Waals surface area contributed by atoms with Crippen LogP contribution in [-0.4, -0.2) is 18.3 Å². The first-order valence-electron chi connectivity index (χ1n) is 6.54. The quantitative estimate of drug-likeness (QED) is 0.846. The van der Waals surface area contributed by atoms with Crippen molar-refractivity contribution in [3.63, 3.8) is 0 Å². The van der Waals surface area contributed by atoms with Crippen LogP contribution < -0.4 is 10.5 Å². The summed E-state index contributed by atoms with van der Waals surface area (Å²) in [6.45, 7) is 3.85. The van der Waals surface area contributed by atoms with Gasteiger partial charge in [0.25, 0.3) is 0 Å². The predicted octanol–water partition coefficient (Wildman–Crippen LogP) is 3.62. The smallest absolute Gasteiger partial charge is 0.416 e. The Bertz CT molecular complexity index is 466. The molecule has 2 N–H and O–H groups in total. The number of alkyl halides is 3. The molecule has 2 atom stereocenters. The monoisotopic (exact) mass is 289 g/mol. The van der Waals surface area contributed by atoms with Crippen LogP contribution >= 0.6 is 0 Å². The Balaban J connectivity index is 2.15. The highest BCUT2D eigenvalue weighted by Gasteiger charge is 2.32. The van der Waals surface area contributed by atoms with Crippen molar-refractivity contribution in [1.82, 2.24) is 0 Å². The molecular formula is C14H18F3NO2. The summed E-state index contributed by atoms with van der Waals surface area (Å²) >= 11 is 0. The Hall–Kier alpha value is -1.43. The number of hydrogen-bond acceptors (Lipinski definition) is 3. The van der Waals surface area contributed by atoms with Gasteiger partial charge < -0.3 is 15.2 Å². The van der Waals surface area contributed by atoms with Gasteiger partial charge in [0.05, 0.1) is 17.8 Å². The summed E-state index contributed by atoms with van der Waals surface area (Å²) in [7, 11) is 0. The number of ether oxygens (including phenoxy) is 2. The maximum absolute atomic E-state index is 12.7. The molecule has 0 radical (unpaired) electrons. The number of anilines is 1. The van der Waals surface area contributed by atoms with E-state index >= 15 is 0 Å². The van der Waals surface area contributed by atoms with Crippen molar-refractivity contribution >= 4 is 5.69 Å². The number of halogens is 3. The second kappa shape index (κ2) is 5.52. The minimum absolute atomic E-state index is 0.0342. The SMILES string of the molecule is CC1CC(Oc2cc(N)cc(C(F)(F)F)c2)CC(C)O1. The fourth-order valence-electron chi connectivity index (χ4n) is 2.49. The third-order valence-electron chi connectivity index (χ3n) is 3.21. The van der Waals surface area contributed by atoms with Crippen LogP contribution in [0.1, 0.15) is 32.3 Å². The van der Waals surface area contributed by atoms with Gasteiger partial charge in [-0.25, -0.2) is 0 Å². The zero-order valence-corrected chi connectivity index (χ0v) is 11.4. The third kappa shape index (κ3) is 3.79. The molecular weight excluding hydrogens is 271 g/mol. The maximum atomic E-state index is 12.7. The lowest BCUT2D eigenvalue weighted by Crippen LogP contribution is -2.35. The van der Waals surface area contributed by atoms with Gasteiger partial charge in [0.15, 0.2) is 0 Å². The van der Waals surface area contributed by atoms with Crippen LogP contribution in [0.5, 0.6) is 5.75 Å². The summed E-state index contributed by atoms with van der Waals surface area (Å²) in [5, 5.41) is 0. The zero-order chi connectivity index (χ0) is 14.9. The van der Waals surface area contributed by atoms with Gasteiger partial charge in [0.1, 0.15) is 11.9 Å². The van der Waals surface area contributed by atoms with Crippen molar-refractivity contribution in [3.05, 3.63) is 23.8 Å². The molecule has 6 heteroatoms. The first kappa shape index (κ1) is 15.0. The fourth-order valence-corrected chi connectivity index (χ4v) is 2.49. The average Bonchev–Trinajstić information content (AvgIpc) is 2.25. The Morgan fingerprint density at radius 1 is 1.15 bits per heavy atom. The van der Waals surface area contributed by atoms with Crippen LogP contribution in [0.3, 0.4) is 0 Å². The number of nitrogens with two attached hydrogens (primary N) is 1. The first-order chi connectivity index (χ1) is 9.24. The highest BCUT2D eigenvalue weighted by Crippen LogP contribution is 2.34. The molecule has 112 valence electrons. The molecule has 2 rings (SSSR count). The summed E-state index contributed by atoms with van der Waals surface area (Å²) in [4.78, 5) is 0. The van der Waals surface area contributed by atoms with Gasteiger partial charge in [-0.2, -0.15) is 13.2 Å². The molecule has 0 amide bonds. The second-order valence-corrected chi connectivity index (χ2v) is 5.26. The highest BCUT2D eigenvalue weighted by molar-refractivity contribution is 5.48. The van der Waals surface area contributed by atoms with Crippen molar-refractivity contribution in [3.8, 4) is 5.75 Å². The van der Waals surface area contributed by atoms with Crippen molar-refractivity contribution in [1.29, 1.82) is 0 Å². The predicted molar refractivity (Wildman–Crippen MR) is 69.5 cm³/mol. The van der Waals surface area contributed by atoms with E-state index in [4.69, 9.17) is 15.2 Å². The molecule has 1 aromatic carbocycles. The second-order valence-electron chi connectivity index (χ2n) is 5.26. The lowest BCUT2D eigenvalue weighted by molar-refractivity contribution is -0.137. The standard InChI is InChI=1S/C14H18F3NO2/c1-8-3-12(4-9(2)19-8)20-13-6-10(14(15,16)17)5-11(18)7-13/h5-9,12H,3-4,18H2,1-2H3. The van der Waals surface area contributed by atoms with Crippen molar-refractivity contribution in [2.24, 2.45) is 0 Å². The van der Waals surface area contributed by atoms with Crippen LogP contribution in [0.15, 0.2) is 18.2 Å². The Labute approximate surface area is 115 Å². The molecule has 1 fully saturated rings. The lowest BCUT2D eigenvalue weighted by atomic mass is 10.0. The topological polar surface area (TPSA) is 44.5 Å². The molecule has 0 bridgehead atoms. The largest absolute Gasteiger partial charge is 0.490 e. The molecule has 1 saturated heterocycles. The van der Waals surface area contributed by atoms with E-state index < -0.39 is 11.7 Å². The van der Waals surface area contributed by atoms with E-state index in [9.17, 15) is 13.2 Å². The Morgan fingerprint density at radius 3 is 2.30 bits per heavy atom. The number of rotatable bonds is 2. The van der Waals surface area contributed by atoms with E-state index in [0.29, 0.717) is 12.8 Å². The summed E-state index contributed by atoms with van der Waals surface area (Å²) in [5.74, 6) is 0.156. The van der Waals surface area contributed by atoms with Gasteiger partial charge in [-0.3, -0.25) is 0 Å². The van der Waals surface area contributed by atoms with Gasteiger partial charge in [0.2, 0.25) is 0 Å². The average molecular weight is 289 g/mol. The molecule has 1 aromatic rings. The number of nitrogen functional groups attached to an aromatic ring is 1. The third-order valence-corrected chi connectivity index (χ3v) is 3.21. The maximum Gasteiger partial charge on any atom is 0.416 e. The minimum Gasteiger partial charge on any atom is -0.490 e. The van der Waals surface area contributed by atoms with Gasteiger partial charge in [-0.1, -0.05) is 0 Å². The van der Waals surface area contributed by atoms with E-state index in [-0.39, 0.29) is 29.7 Å². The fraction of sp³-hybridized carbons (Fsp3) is 0.571. The minimum atomic E-state index is -4.43. The molecule has 3 nitrogen and oxygen atoms in total. The van der Waals surface area contributed by atoms with E-state index in [1.807, 2.05) is 13.8 Å². The Morgan fingerprint density at radius 2 is 1.75 bits per heavy atom. The lowest BCUT2D eigenvalue weighted by Gasteiger charge is -2.32. The van der Waals surface area contributed by atoms with Crippen LogP contribution in [0.25, 0.3) is 0 Å². The summed E-state index contributed by atoms with van der Waals surface area (Å²) in [5.41, 5.74) is 4.76. The van der Waals surface area contributed by atoms with Crippen molar-refractivity contribution < 1.29 is 22.6 Å². The van der Waals surface area contributed by atoms with E-state index in [1.54, 1.807) is 0 Å². The van der Waals surface area contributed by atoms with Gasteiger partial charge >= 0.3 is 6.18 Å². The van der Waals surface area contributed by atoms with Gasteiger partial charge in [-0.05, 0) is 26.0 Å². The van der Waals surface area contributed by atoms with E-state index in [0.717, 1.165) is 12.1 Å². The molecule has 1 heterocycles. The van der Waals surface area contributed by atoms with E-state index in [2.05, 4.69) is 0 Å². The molecule has 0 spiro atoms. The summed E-state index contributed by atoms with van der Waals surface area (Å²) < 4.78 is 49.4. The highest BCUT2D eigenvalue weighted by atomic mass is 19.4. The van der Waals surface area contributed by atoms with Crippen molar-refractivity contribution in [2.45, 2.75) is 51.2 Å². The number of benzene rings is 1. The zero-order valence-electron chi connectivity index (χ0n) is 11.4. The van der Waals surface area contributed by atoms with Crippen LogP contribution in [0.4, 0.5) is 18.9 Å².